The summed E-state index contributed by atoms with van der Waals surface area (Å²) in [5, 5.41) is 0.995. The second-order valence-corrected chi connectivity index (χ2v) is 8.14. The summed E-state index contributed by atoms with van der Waals surface area (Å²) in [7, 11) is 1.66. The van der Waals surface area contributed by atoms with Gasteiger partial charge in [0.1, 0.15) is 36.1 Å². The molecule has 0 atom stereocenters. The van der Waals surface area contributed by atoms with Crippen molar-refractivity contribution in [3.8, 4) is 11.5 Å². The fraction of sp³-hybridized carbons (Fsp3) is 0.360. The molecule has 0 fully saturated rings. The number of hydrogen-bond acceptors (Lipinski definition) is 6. The van der Waals surface area contributed by atoms with E-state index in [1.165, 1.54) is 0 Å². The number of rotatable bonds is 9. The van der Waals surface area contributed by atoms with Gasteiger partial charge in [0.15, 0.2) is 5.82 Å². The Labute approximate surface area is 188 Å². The van der Waals surface area contributed by atoms with Gasteiger partial charge < -0.3 is 24.5 Å². The SMILES string of the molecule is CCOCc1nc2c(N)nc3cc(OCc4ccccc4OC)ccc3c2n1CC(C)C. The van der Waals surface area contributed by atoms with Crippen LogP contribution in [0.2, 0.25) is 0 Å². The number of pyridine rings is 1. The molecule has 4 rings (SSSR count). The van der Waals surface area contributed by atoms with E-state index in [0.717, 1.165) is 51.4 Å². The second kappa shape index (κ2) is 9.44. The Bertz CT molecular complexity index is 1230. The highest BCUT2D eigenvalue weighted by Crippen LogP contribution is 2.32. The fourth-order valence-electron chi connectivity index (χ4n) is 3.88. The molecular formula is C25H30N4O3. The van der Waals surface area contributed by atoms with Gasteiger partial charge in [0.05, 0.1) is 18.1 Å². The van der Waals surface area contributed by atoms with Gasteiger partial charge in [-0.25, -0.2) is 9.97 Å². The molecule has 2 aromatic carbocycles. The Kier molecular flexibility index (Phi) is 6.46. The van der Waals surface area contributed by atoms with Gasteiger partial charge in [-0.05, 0) is 31.0 Å². The first-order valence-electron chi connectivity index (χ1n) is 10.9. The zero-order chi connectivity index (χ0) is 22.7. The average molecular weight is 435 g/mol. The lowest BCUT2D eigenvalue weighted by atomic mass is 10.1. The summed E-state index contributed by atoms with van der Waals surface area (Å²) in [4.78, 5) is 9.40. The maximum Gasteiger partial charge on any atom is 0.152 e. The Balaban J connectivity index is 1.74. The van der Waals surface area contributed by atoms with Crippen LogP contribution in [0, 0.1) is 5.92 Å². The highest BCUT2D eigenvalue weighted by atomic mass is 16.5. The molecule has 0 aliphatic rings. The molecule has 2 aromatic heterocycles. The van der Waals surface area contributed by atoms with Crippen LogP contribution in [0.25, 0.3) is 21.9 Å². The Morgan fingerprint density at radius 1 is 1.06 bits per heavy atom. The van der Waals surface area contributed by atoms with Crippen molar-refractivity contribution in [1.82, 2.24) is 14.5 Å². The summed E-state index contributed by atoms with van der Waals surface area (Å²) in [6, 6.07) is 13.7. The van der Waals surface area contributed by atoms with Crippen LogP contribution < -0.4 is 15.2 Å². The molecule has 2 heterocycles. The van der Waals surface area contributed by atoms with Gasteiger partial charge in [-0.3, -0.25) is 0 Å². The van der Waals surface area contributed by atoms with E-state index in [1.807, 2.05) is 49.4 Å². The first-order valence-corrected chi connectivity index (χ1v) is 10.9. The molecule has 2 N–H and O–H groups in total. The molecule has 0 aliphatic carbocycles. The third-order valence-electron chi connectivity index (χ3n) is 5.32. The molecule has 32 heavy (non-hydrogen) atoms. The van der Waals surface area contributed by atoms with E-state index in [-0.39, 0.29) is 0 Å². The Hall–Kier alpha value is -3.32. The normalized spacial score (nSPS) is 11.5. The quantitative estimate of drug-likeness (QED) is 0.401. The van der Waals surface area contributed by atoms with E-state index in [9.17, 15) is 0 Å². The maximum atomic E-state index is 6.33. The first-order chi connectivity index (χ1) is 15.5. The van der Waals surface area contributed by atoms with E-state index in [1.54, 1.807) is 7.11 Å². The van der Waals surface area contributed by atoms with Gasteiger partial charge in [-0.15, -0.1) is 0 Å². The Morgan fingerprint density at radius 2 is 1.88 bits per heavy atom. The molecule has 0 spiro atoms. The van der Waals surface area contributed by atoms with Crippen LogP contribution in [-0.2, 0) is 24.5 Å². The van der Waals surface area contributed by atoms with Crippen molar-refractivity contribution in [3.05, 3.63) is 53.9 Å². The third-order valence-corrected chi connectivity index (χ3v) is 5.32. The number of hydrogen-bond donors (Lipinski definition) is 1. The highest BCUT2D eigenvalue weighted by molar-refractivity contribution is 6.06. The van der Waals surface area contributed by atoms with Crippen molar-refractivity contribution in [2.24, 2.45) is 5.92 Å². The monoisotopic (exact) mass is 434 g/mol. The third kappa shape index (κ3) is 4.34. The fourth-order valence-corrected chi connectivity index (χ4v) is 3.88. The molecule has 0 amide bonds. The molecule has 4 aromatic rings. The number of ether oxygens (including phenoxy) is 3. The summed E-state index contributed by atoms with van der Waals surface area (Å²) in [5.74, 6) is 3.25. The molecule has 0 aliphatic heterocycles. The number of anilines is 1. The summed E-state index contributed by atoms with van der Waals surface area (Å²) in [5.41, 5.74) is 9.80. The van der Waals surface area contributed by atoms with E-state index in [2.05, 4.69) is 23.4 Å². The minimum atomic E-state index is 0.400. The number of nitrogen functional groups attached to an aromatic ring is 1. The molecule has 0 unspecified atom stereocenters. The number of fused-ring (bicyclic) bond motifs is 3. The van der Waals surface area contributed by atoms with Crippen LogP contribution >= 0.6 is 0 Å². The number of para-hydroxylation sites is 1. The van der Waals surface area contributed by atoms with Crippen LogP contribution in [0.5, 0.6) is 11.5 Å². The van der Waals surface area contributed by atoms with Gasteiger partial charge in [0.25, 0.3) is 0 Å². The van der Waals surface area contributed by atoms with Crippen molar-refractivity contribution in [2.75, 3.05) is 19.5 Å². The number of nitrogens with two attached hydrogens (primary N) is 1. The molecule has 7 heteroatoms. The number of aromatic nitrogens is 3. The van der Waals surface area contributed by atoms with E-state index < -0.39 is 0 Å². The van der Waals surface area contributed by atoms with E-state index in [4.69, 9.17) is 24.9 Å². The van der Waals surface area contributed by atoms with E-state index in [0.29, 0.717) is 31.6 Å². The van der Waals surface area contributed by atoms with Gasteiger partial charge in [-0.2, -0.15) is 0 Å². The van der Waals surface area contributed by atoms with Crippen LogP contribution in [-0.4, -0.2) is 28.3 Å². The predicted octanol–water partition coefficient (Wildman–Crippen LogP) is 4.95. The topological polar surface area (TPSA) is 84.4 Å². The van der Waals surface area contributed by atoms with Crippen molar-refractivity contribution in [2.45, 2.75) is 40.5 Å². The second-order valence-electron chi connectivity index (χ2n) is 8.14. The number of benzene rings is 2. The molecule has 0 saturated carbocycles. The minimum absolute atomic E-state index is 0.400. The van der Waals surface area contributed by atoms with Gasteiger partial charge in [0.2, 0.25) is 0 Å². The van der Waals surface area contributed by atoms with Crippen LogP contribution in [0.3, 0.4) is 0 Å². The van der Waals surface area contributed by atoms with Gasteiger partial charge in [0, 0.05) is 30.2 Å². The first kappa shape index (κ1) is 21.9. The van der Waals surface area contributed by atoms with Gasteiger partial charge in [-0.1, -0.05) is 32.0 Å². The van der Waals surface area contributed by atoms with Crippen molar-refractivity contribution in [1.29, 1.82) is 0 Å². The van der Waals surface area contributed by atoms with Crippen molar-refractivity contribution >= 4 is 27.8 Å². The van der Waals surface area contributed by atoms with E-state index >= 15 is 0 Å². The van der Waals surface area contributed by atoms with Gasteiger partial charge >= 0.3 is 0 Å². The van der Waals surface area contributed by atoms with Crippen LogP contribution in [0.4, 0.5) is 5.82 Å². The standard InChI is InChI=1S/C25H30N4O3/c1-5-31-15-22-28-23-24(29(22)13-16(2)3)19-11-10-18(12-20(19)27-25(23)26)32-14-17-8-6-7-9-21(17)30-4/h6-12,16H,5,13-15H2,1-4H3,(H2,26,27). The van der Waals surface area contributed by atoms with Crippen LogP contribution in [0.15, 0.2) is 42.5 Å². The maximum absolute atomic E-state index is 6.33. The molecule has 168 valence electrons. The van der Waals surface area contributed by atoms with Crippen LogP contribution in [0.1, 0.15) is 32.2 Å². The average Bonchev–Trinajstić information content (AvgIpc) is 3.14. The lowest BCUT2D eigenvalue weighted by Gasteiger charge is -2.14. The van der Waals surface area contributed by atoms with Crippen molar-refractivity contribution < 1.29 is 14.2 Å². The smallest absolute Gasteiger partial charge is 0.152 e. The lowest BCUT2D eigenvalue weighted by Crippen LogP contribution is -2.10. The highest BCUT2D eigenvalue weighted by Gasteiger charge is 2.18. The summed E-state index contributed by atoms with van der Waals surface area (Å²) in [6.45, 7) is 8.65. The predicted molar refractivity (Wildman–Crippen MR) is 127 cm³/mol. The lowest BCUT2D eigenvalue weighted by molar-refractivity contribution is 0.125. The summed E-state index contributed by atoms with van der Waals surface area (Å²) >= 11 is 0. The molecule has 0 bridgehead atoms. The number of methoxy groups -OCH3 is 1. The Morgan fingerprint density at radius 3 is 2.62 bits per heavy atom. The molecule has 0 radical (unpaired) electrons. The molecular weight excluding hydrogens is 404 g/mol. The summed E-state index contributed by atoms with van der Waals surface area (Å²) < 4.78 is 19.3. The summed E-state index contributed by atoms with van der Waals surface area (Å²) in [6.07, 6.45) is 0. The largest absolute Gasteiger partial charge is 0.496 e. The molecule has 7 nitrogen and oxygen atoms in total. The van der Waals surface area contributed by atoms with Crippen molar-refractivity contribution in [3.63, 3.8) is 0 Å². The number of imidazole rings is 1. The molecule has 0 saturated heterocycles. The zero-order valence-electron chi connectivity index (χ0n) is 19.1. The minimum Gasteiger partial charge on any atom is -0.496 e. The number of nitrogens with zero attached hydrogens (tertiary/aromatic N) is 3. The zero-order valence-corrected chi connectivity index (χ0v) is 19.1.